The fourth-order valence-electron chi connectivity index (χ4n) is 2.72. The number of benzene rings is 1. The maximum Gasteiger partial charge on any atom is 0.244 e. The van der Waals surface area contributed by atoms with Crippen LogP contribution in [0.5, 0.6) is 0 Å². The standard InChI is InChI=1S/C16H23ClN2O4S/c1-23-12-4-9-18-16(20)13-7-10-19(11-8-13)24(21,22)15-6-3-2-5-14(15)17/h2-3,5-6,13H,4,7-12H2,1H3,(H,18,20). The first-order valence-corrected chi connectivity index (χ1v) is 9.80. The van der Waals surface area contributed by atoms with Crippen LogP contribution in [0.15, 0.2) is 29.2 Å². The zero-order chi connectivity index (χ0) is 17.6. The Morgan fingerprint density at radius 1 is 1.33 bits per heavy atom. The summed E-state index contributed by atoms with van der Waals surface area (Å²) in [5.74, 6) is -0.161. The monoisotopic (exact) mass is 374 g/mol. The molecule has 0 aliphatic carbocycles. The second-order valence-corrected chi connectivity index (χ2v) is 8.06. The smallest absolute Gasteiger partial charge is 0.244 e. The molecule has 1 N–H and O–H groups in total. The van der Waals surface area contributed by atoms with Crippen LogP contribution < -0.4 is 5.32 Å². The van der Waals surface area contributed by atoms with Crippen molar-refractivity contribution in [3.63, 3.8) is 0 Å². The number of sulfonamides is 1. The molecule has 0 atom stereocenters. The van der Waals surface area contributed by atoms with Crippen molar-refractivity contribution >= 4 is 27.5 Å². The summed E-state index contributed by atoms with van der Waals surface area (Å²) in [5, 5.41) is 3.09. The Morgan fingerprint density at radius 2 is 2.00 bits per heavy atom. The lowest BCUT2D eigenvalue weighted by Crippen LogP contribution is -2.43. The molecule has 1 aromatic rings. The normalized spacial score (nSPS) is 16.9. The van der Waals surface area contributed by atoms with Crippen LogP contribution in [0.4, 0.5) is 0 Å². The van der Waals surface area contributed by atoms with Crippen LogP contribution in [0.25, 0.3) is 0 Å². The minimum Gasteiger partial charge on any atom is -0.385 e. The molecule has 0 saturated carbocycles. The van der Waals surface area contributed by atoms with Gasteiger partial charge in [0.2, 0.25) is 15.9 Å². The number of methoxy groups -OCH3 is 1. The number of rotatable bonds is 7. The summed E-state index contributed by atoms with van der Waals surface area (Å²) >= 11 is 6.01. The van der Waals surface area contributed by atoms with Crippen molar-refractivity contribution in [2.24, 2.45) is 5.92 Å². The largest absolute Gasteiger partial charge is 0.385 e. The number of nitrogens with zero attached hydrogens (tertiary/aromatic N) is 1. The number of halogens is 1. The first-order chi connectivity index (χ1) is 11.5. The number of ether oxygens (including phenoxy) is 1. The summed E-state index contributed by atoms with van der Waals surface area (Å²) in [6, 6.07) is 6.42. The first-order valence-electron chi connectivity index (χ1n) is 7.98. The minimum absolute atomic E-state index is 0.0131. The van der Waals surface area contributed by atoms with Crippen molar-refractivity contribution < 1.29 is 17.9 Å². The number of piperidine rings is 1. The average molecular weight is 375 g/mol. The summed E-state index contributed by atoms with van der Waals surface area (Å²) in [4.78, 5) is 12.2. The predicted molar refractivity (Wildman–Crippen MR) is 92.4 cm³/mol. The molecule has 0 bridgehead atoms. The third-order valence-electron chi connectivity index (χ3n) is 4.10. The third kappa shape index (κ3) is 4.69. The molecule has 2 rings (SSSR count). The SMILES string of the molecule is COCCCNC(=O)C1CCN(S(=O)(=O)c2ccccc2Cl)CC1. The van der Waals surface area contributed by atoms with Crippen molar-refractivity contribution in [2.75, 3.05) is 33.4 Å². The van der Waals surface area contributed by atoms with Crippen LogP contribution >= 0.6 is 11.6 Å². The van der Waals surface area contributed by atoms with Crippen LogP contribution in [0.1, 0.15) is 19.3 Å². The molecule has 6 nitrogen and oxygen atoms in total. The Bertz CT molecular complexity index is 658. The summed E-state index contributed by atoms with van der Waals surface area (Å²) < 4.78 is 31.7. The fraction of sp³-hybridized carbons (Fsp3) is 0.562. The number of carbonyl (C=O) groups excluding carboxylic acids is 1. The number of hydrogen-bond acceptors (Lipinski definition) is 4. The summed E-state index contributed by atoms with van der Waals surface area (Å²) in [5.41, 5.74) is 0. The minimum atomic E-state index is -3.61. The topological polar surface area (TPSA) is 75.7 Å². The van der Waals surface area contributed by atoms with Gasteiger partial charge in [0, 0.05) is 39.3 Å². The summed E-state index contributed by atoms with van der Waals surface area (Å²) in [7, 11) is -1.99. The zero-order valence-corrected chi connectivity index (χ0v) is 15.3. The highest BCUT2D eigenvalue weighted by molar-refractivity contribution is 7.89. The van der Waals surface area contributed by atoms with Gasteiger partial charge < -0.3 is 10.1 Å². The Labute approximate surface area is 148 Å². The van der Waals surface area contributed by atoms with Crippen molar-refractivity contribution in [2.45, 2.75) is 24.2 Å². The van der Waals surface area contributed by atoms with E-state index in [0.29, 0.717) is 39.1 Å². The van der Waals surface area contributed by atoms with Crippen LogP contribution in [0.3, 0.4) is 0 Å². The van der Waals surface area contributed by atoms with E-state index in [9.17, 15) is 13.2 Å². The van der Waals surface area contributed by atoms with Crippen LogP contribution in [-0.2, 0) is 19.6 Å². The molecule has 1 fully saturated rings. The molecule has 0 radical (unpaired) electrons. The van der Waals surface area contributed by atoms with E-state index in [-0.39, 0.29) is 21.7 Å². The molecule has 24 heavy (non-hydrogen) atoms. The van der Waals surface area contributed by atoms with E-state index in [0.717, 1.165) is 6.42 Å². The maximum absolute atomic E-state index is 12.7. The second kappa shape index (κ2) is 8.80. The van der Waals surface area contributed by atoms with E-state index in [1.807, 2.05) is 0 Å². The van der Waals surface area contributed by atoms with Gasteiger partial charge in [0.1, 0.15) is 4.90 Å². The van der Waals surface area contributed by atoms with Gasteiger partial charge >= 0.3 is 0 Å². The fourth-order valence-corrected chi connectivity index (χ4v) is 4.69. The van der Waals surface area contributed by atoms with E-state index in [2.05, 4.69) is 5.32 Å². The summed E-state index contributed by atoms with van der Waals surface area (Å²) in [6.45, 7) is 1.83. The van der Waals surface area contributed by atoms with Gasteiger partial charge in [0.05, 0.1) is 5.02 Å². The van der Waals surface area contributed by atoms with Gasteiger partial charge in [-0.3, -0.25) is 4.79 Å². The predicted octanol–water partition coefficient (Wildman–Crippen LogP) is 1.89. The zero-order valence-electron chi connectivity index (χ0n) is 13.7. The molecule has 0 aromatic heterocycles. The number of carbonyl (C=O) groups is 1. The highest BCUT2D eigenvalue weighted by Crippen LogP contribution is 2.28. The van der Waals surface area contributed by atoms with Crippen molar-refractivity contribution in [3.8, 4) is 0 Å². The van der Waals surface area contributed by atoms with Gasteiger partial charge in [-0.05, 0) is 31.4 Å². The molecule has 8 heteroatoms. The molecule has 1 aliphatic heterocycles. The van der Waals surface area contributed by atoms with E-state index >= 15 is 0 Å². The molecular weight excluding hydrogens is 352 g/mol. The quantitative estimate of drug-likeness (QED) is 0.739. The Balaban J connectivity index is 1.90. The summed E-state index contributed by atoms with van der Waals surface area (Å²) in [6.07, 6.45) is 1.79. The van der Waals surface area contributed by atoms with Crippen LogP contribution in [0.2, 0.25) is 5.02 Å². The molecule has 134 valence electrons. The molecule has 1 heterocycles. The van der Waals surface area contributed by atoms with E-state index < -0.39 is 10.0 Å². The molecule has 1 amide bonds. The van der Waals surface area contributed by atoms with Crippen LogP contribution in [0, 0.1) is 5.92 Å². The highest BCUT2D eigenvalue weighted by Gasteiger charge is 2.32. The lowest BCUT2D eigenvalue weighted by atomic mass is 9.97. The van der Waals surface area contributed by atoms with E-state index in [4.69, 9.17) is 16.3 Å². The molecule has 0 spiro atoms. The number of amides is 1. The number of hydrogen-bond donors (Lipinski definition) is 1. The molecule has 1 aromatic carbocycles. The van der Waals surface area contributed by atoms with Gasteiger partial charge in [-0.2, -0.15) is 4.31 Å². The third-order valence-corrected chi connectivity index (χ3v) is 6.50. The Kier molecular flexibility index (Phi) is 7.03. The van der Waals surface area contributed by atoms with E-state index in [1.165, 1.54) is 10.4 Å². The molecule has 1 saturated heterocycles. The van der Waals surface area contributed by atoms with E-state index in [1.54, 1.807) is 25.3 Å². The Hall–Kier alpha value is -1.15. The lowest BCUT2D eigenvalue weighted by Gasteiger charge is -2.30. The van der Waals surface area contributed by atoms with Gasteiger partial charge in [-0.1, -0.05) is 23.7 Å². The lowest BCUT2D eigenvalue weighted by molar-refractivity contribution is -0.126. The Morgan fingerprint density at radius 3 is 2.62 bits per heavy atom. The molecule has 1 aliphatic rings. The van der Waals surface area contributed by atoms with Crippen molar-refractivity contribution in [1.82, 2.24) is 9.62 Å². The maximum atomic E-state index is 12.7. The first kappa shape index (κ1) is 19.2. The molecule has 0 unspecified atom stereocenters. The van der Waals surface area contributed by atoms with Gasteiger partial charge in [0.25, 0.3) is 0 Å². The average Bonchev–Trinajstić information content (AvgIpc) is 2.59. The van der Waals surface area contributed by atoms with Gasteiger partial charge in [0.15, 0.2) is 0 Å². The van der Waals surface area contributed by atoms with Gasteiger partial charge in [-0.15, -0.1) is 0 Å². The van der Waals surface area contributed by atoms with Crippen LogP contribution in [-0.4, -0.2) is 52.0 Å². The van der Waals surface area contributed by atoms with Crippen molar-refractivity contribution in [1.29, 1.82) is 0 Å². The highest BCUT2D eigenvalue weighted by atomic mass is 35.5. The molecular formula is C16H23ClN2O4S. The van der Waals surface area contributed by atoms with Crippen molar-refractivity contribution in [3.05, 3.63) is 29.3 Å². The number of nitrogens with one attached hydrogen (secondary N) is 1. The van der Waals surface area contributed by atoms with Gasteiger partial charge in [-0.25, -0.2) is 8.42 Å². The second-order valence-electron chi connectivity index (χ2n) is 5.75.